The lowest BCUT2D eigenvalue weighted by atomic mass is 10.1. The van der Waals surface area contributed by atoms with Gasteiger partial charge >= 0.3 is 0 Å². The highest BCUT2D eigenvalue weighted by molar-refractivity contribution is 5.62. The molecule has 0 amide bonds. The van der Waals surface area contributed by atoms with E-state index in [9.17, 15) is 0 Å². The fraction of sp³-hybridized carbons (Fsp3) is 0.154. The van der Waals surface area contributed by atoms with Gasteiger partial charge in [0.2, 0.25) is 0 Å². The zero-order valence-corrected chi connectivity index (χ0v) is 8.27. The van der Waals surface area contributed by atoms with Crippen molar-refractivity contribution in [2.24, 2.45) is 0 Å². The number of aryl methyl sites for hydroxylation is 1. The smallest absolute Gasteiger partial charge is 0.0346 e. The molecule has 0 aliphatic rings. The summed E-state index contributed by atoms with van der Waals surface area (Å²) in [6, 6.07) is 12.7. The quantitative estimate of drug-likeness (QED) is 0.696. The minimum Gasteiger partial charge on any atom is -0.264 e. The summed E-state index contributed by atoms with van der Waals surface area (Å²) in [7, 11) is 0. The van der Waals surface area contributed by atoms with Crippen molar-refractivity contribution in [3.63, 3.8) is 0 Å². The van der Waals surface area contributed by atoms with Crippen LogP contribution in [0.5, 0.6) is 0 Å². The van der Waals surface area contributed by atoms with Crippen LogP contribution in [0.2, 0.25) is 0 Å². The van der Waals surface area contributed by atoms with E-state index in [0.717, 1.165) is 6.42 Å². The Labute approximate surface area is 84.4 Å². The Bertz CT molecular complexity index is 389. The van der Waals surface area contributed by atoms with Crippen LogP contribution in [0.15, 0.2) is 48.8 Å². The molecule has 70 valence electrons. The number of pyridine rings is 1. The molecule has 0 bridgehead atoms. The van der Waals surface area contributed by atoms with E-state index in [2.05, 4.69) is 42.2 Å². The van der Waals surface area contributed by atoms with Gasteiger partial charge in [0, 0.05) is 12.4 Å². The molecule has 14 heavy (non-hydrogen) atoms. The number of aromatic nitrogens is 1. The molecule has 0 atom stereocenters. The maximum absolute atomic E-state index is 4.10. The Morgan fingerprint density at radius 1 is 1.00 bits per heavy atom. The zero-order valence-electron chi connectivity index (χ0n) is 8.27. The van der Waals surface area contributed by atoms with Crippen molar-refractivity contribution in [1.82, 2.24) is 4.98 Å². The van der Waals surface area contributed by atoms with E-state index in [0.29, 0.717) is 0 Å². The van der Waals surface area contributed by atoms with Gasteiger partial charge in [0.15, 0.2) is 0 Å². The maximum Gasteiger partial charge on any atom is 0.0346 e. The molecular weight excluding hydrogens is 170 g/mol. The SMILES string of the molecule is CCc1ccc(-c2cccnc2)cc1. The highest BCUT2D eigenvalue weighted by atomic mass is 14.6. The first kappa shape index (κ1) is 8.95. The second kappa shape index (κ2) is 4.05. The molecule has 2 rings (SSSR count). The normalized spacial score (nSPS) is 10.1. The molecule has 1 aromatic carbocycles. The summed E-state index contributed by atoms with van der Waals surface area (Å²) in [6.07, 6.45) is 4.78. The third-order valence-electron chi connectivity index (χ3n) is 2.36. The minimum atomic E-state index is 1.09. The van der Waals surface area contributed by atoms with Gasteiger partial charge in [0.05, 0.1) is 0 Å². The predicted octanol–water partition coefficient (Wildman–Crippen LogP) is 3.31. The van der Waals surface area contributed by atoms with Gasteiger partial charge < -0.3 is 0 Å². The van der Waals surface area contributed by atoms with Crippen molar-refractivity contribution in [2.75, 3.05) is 0 Å². The first-order valence-electron chi connectivity index (χ1n) is 4.89. The molecule has 0 aliphatic carbocycles. The van der Waals surface area contributed by atoms with Crippen molar-refractivity contribution in [2.45, 2.75) is 13.3 Å². The van der Waals surface area contributed by atoms with E-state index in [1.54, 1.807) is 6.20 Å². The number of hydrogen-bond acceptors (Lipinski definition) is 1. The van der Waals surface area contributed by atoms with Crippen molar-refractivity contribution in [3.8, 4) is 11.1 Å². The Morgan fingerprint density at radius 2 is 1.79 bits per heavy atom. The third-order valence-corrected chi connectivity index (χ3v) is 2.36. The van der Waals surface area contributed by atoms with Crippen LogP contribution in [0.4, 0.5) is 0 Å². The first-order valence-corrected chi connectivity index (χ1v) is 4.89. The largest absolute Gasteiger partial charge is 0.264 e. The van der Waals surface area contributed by atoms with E-state index < -0.39 is 0 Å². The molecule has 0 saturated carbocycles. The van der Waals surface area contributed by atoms with Gasteiger partial charge in [-0.1, -0.05) is 37.3 Å². The van der Waals surface area contributed by atoms with Gasteiger partial charge in [-0.05, 0) is 29.2 Å². The van der Waals surface area contributed by atoms with Gasteiger partial charge in [-0.15, -0.1) is 0 Å². The molecule has 0 fully saturated rings. The lowest BCUT2D eigenvalue weighted by Crippen LogP contribution is -1.81. The standard InChI is InChI=1S/C13H13N/c1-2-11-5-7-12(8-6-11)13-4-3-9-14-10-13/h3-10H,2H2,1H3. The molecular formula is C13H13N. The summed E-state index contributed by atoms with van der Waals surface area (Å²) in [6.45, 7) is 2.17. The summed E-state index contributed by atoms with van der Waals surface area (Å²) in [5, 5.41) is 0. The number of hydrogen-bond donors (Lipinski definition) is 0. The van der Waals surface area contributed by atoms with Gasteiger partial charge in [0.1, 0.15) is 0 Å². The van der Waals surface area contributed by atoms with Crippen LogP contribution >= 0.6 is 0 Å². The summed E-state index contributed by atoms with van der Waals surface area (Å²) in [5.41, 5.74) is 3.78. The topological polar surface area (TPSA) is 12.9 Å². The van der Waals surface area contributed by atoms with E-state index in [1.807, 2.05) is 12.3 Å². The Morgan fingerprint density at radius 3 is 2.36 bits per heavy atom. The molecule has 1 aromatic heterocycles. The van der Waals surface area contributed by atoms with E-state index in [4.69, 9.17) is 0 Å². The van der Waals surface area contributed by atoms with E-state index in [1.165, 1.54) is 16.7 Å². The minimum absolute atomic E-state index is 1.09. The highest BCUT2D eigenvalue weighted by Gasteiger charge is 1.95. The molecule has 0 saturated heterocycles. The average Bonchev–Trinajstić information content (AvgIpc) is 2.30. The molecule has 1 nitrogen and oxygen atoms in total. The molecule has 2 aromatic rings. The van der Waals surface area contributed by atoms with Crippen molar-refractivity contribution in [3.05, 3.63) is 54.4 Å². The van der Waals surface area contributed by atoms with Gasteiger partial charge in [0.25, 0.3) is 0 Å². The second-order valence-electron chi connectivity index (χ2n) is 3.29. The summed E-state index contributed by atoms with van der Waals surface area (Å²) >= 11 is 0. The van der Waals surface area contributed by atoms with Crippen LogP contribution < -0.4 is 0 Å². The third kappa shape index (κ3) is 1.82. The molecule has 0 unspecified atom stereocenters. The number of nitrogens with zero attached hydrogens (tertiary/aromatic N) is 1. The second-order valence-corrected chi connectivity index (χ2v) is 3.29. The summed E-state index contributed by atoms with van der Waals surface area (Å²) in [5.74, 6) is 0. The predicted molar refractivity (Wildman–Crippen MR) is 59.1 cm³/mol. The number of benzene rings is 1. The van der Waals surface area contributed by atoms with Gasteiger partial charge in [-0.25, -0.2) is 0 Å². The van der Waals surface area contributed by atoms with Crippen LogP contribution in [0.3, 0.4) is 0 Å². The van der Waals surface area contributed by atoms with Crippen LogP contribution in [0.25, 0.3) is 11.1 Å². The van der Waals surface area contributed by atoms with Crippen LogP contribution in [-0.2, 0) is 6.42 Å². The van der Waals surface area contributed by atoms with Crippen molar-refractivity contribution >= 4 is 0 Å². The monoisotopic (exact) mass is 183 g/mol. The molecule has 0 radical (unpaired) electrons. The fourth-order valence-corrected chi connectivity index (χ4v) is 1.47. The van der Waals surface area contributed by atoms with Gasteiger partial charge in [-0.2, -0.15) is 0 Å². The van der Waals surface area contributed by atoms with Crippen LogP contribution in [0.1, 0.15) is 12.5 Å². The van der Waals surface area contributed by atoms with Crippen molar-refractivity contribution < 1.29 is 0 Å². The maximum atomic E-state index is 4.10. The average molecular weight is 183 g/mol. The summed E-state index contributed by atoms with van der Waals surface area (Å²) in [4.78, 5) is 4.10. The fourth-order valence-electron chi connectivity index (χ4n) is 1.47. The Kier molecular flexibility index (Phi) is 2.59. The Balaban J connectivity index is 2.34. The van der Waals surface area contributed by atoms with Crippen molar-refractivity contribution in [1.29, 1.82) is 0 Å². The number of rotatable bonds is 2. The van der Waals surface area contributed by atoms with Crippen LogP contribution in [-0.4, -0.2) is 4.98 Å². The highest BCUT2D eigenvalue weighted by Crippen LogP contribution is 2.18. The lowest BCUT2D eigenvalue weighted by Gasteiger charge is -2.01. The molecule has 0 aliphatic heterocycles. The Hall–Kier alpha value is -1.63. The zero-order chi connectivity index (χ0) is 9.80. The molecule has 1 heterocycles. The molecule has 0 spiro atoms. The molecule has 0 N–H and O–H groups in total. The molecule has 1 heteroatoms. The van der Waals surface area contributed by atoms with E-state index >= 15 is 0 Å². The van der Waals surface area contributed by atoms with Crippen LogP contribution in [0, 0.1) is 0 Å². The lowest BCUT2D eigenvalue weighted by molar-refractivity contribution is 1.14. The summed E-state index contributed by atoms with van der Waals surface area (Å²) < 4.78 is 0. The van der Waals surface area contributed by atoms with E-state index in [-0.39, 0.29) is 0 Å². The van der Waals surface area contributed by atoms with Gasteiger partial charge in [-0.3, -0.25) is 4.98 Å². The first-order chi connectivity index (χ1) is 6.90.